The van der Waals surface area contributed by atoms with E-state index in [0.29, 0.717) is 30.3 Å². The van der Waals surface area contributed by atoms with Gasteiger partial charge in [-0.05, 0) is 80.8 Å². The SMILES string of the molecule is CCOc1ccc(N(CC(=O)N(Cc2ccc(OC)cc2)[C@H](C)C(=O)NCC(C)C)S(=O)(=O)c2ccc(C)cc2)cc1. The van der Waals surface area contributed by atoms with Gasteiger partial charge >= 0.3 is 0 Å². The van der Waals surface area contributed by atoms with Crippen molar-refractivity contribution >= 4 is 27.5 Å². The second-order valence-electron chi connectivity index (χ2n) is 10.4. The van der Waals surface area contributed by atoms with Crippen LogP contribution >= 0.6 is 0 Å². The van der Waals surface area contributed by atoms with E-state index in [2.05, 4.69) is 5.32 Å². The first-order valence-corrected chi connectivity index (χ1v) is 15.4. The fraction of sp³-hybridized carbons (Fsp3) is 0.375. The van der Waals surface area contributed by atoms with E-state index in [1.807, 2.05) is 39.8 Å². The third kappa shape index (κ3) is 8.48. The van der Waals surface area contributed by atoms with Crippen LogP contribution in [-0.4, -0.2) is 58.0 Å². The maximum absolute atomic E-state index is 14.0. The predicted octanol–water partition coefficient (Wildman–Crippen LogP) is 4.79. The number of carbonyl (C=O) groups is 2. The number of carbonyl (C=O) groups excluding carboxylic acids is 2. The number of amides is 2. The molecule has 0 fully saturated rings. The molecule has 0 unspecified atom stereocenters. The molecule has 3 aromatic rings. The molecule has 0 aliphatic carbocycles. The predicted molar refractivity (Wildman–Crippen MR) is 164 cm³/mol. The van der Waals surface area contributed by atoms with Gasteiger partial charge in [0.05, 0.1) is 24.3 Å². The van der Waals surface area contributed by atoms with Gasteiger partial charge in [0.25, 0.3) is 10.0 Å². The van der Waals surface area contributed by atoms with Crippen LogP contribution in [0.5, 0.6) is 11.5 Å². The van der Waals surface area contributed by atoms with Gasteiger partial charge in [-0.25, -0.2) is 8.42 Å². The van der Waals surface area contributed by atoms with Crippen molar-refractivity contribution in [1.29, 1.82) is 0 Å². The Balaban J connectivity index is 2.01. The lowest BCUT2D eigenvalue weighted by molar-refractivity contribution is -0.139. The van der Waals surface area contributed by atoms with Crippen molar-refractivity contribution < 1.29 is 27.5 Å². The minimum atomic E-state index is -4.15. The van der Waals surface area contributed by atoms with E-state index >= 15 is 0 Å². The van der Waals surface area contributed by atoms with Crippen LogP contribution in [0.2, 0.25) is 0 Å². The smallest absolute Gasteiger partial charge is 0.264 e. The molecule has 0 heterocycles. The van der Waals surface area contributed by atoms with E-state index in [1.165, 1.54) is 17.0 Å². The van der Waals surface area contributed by atoms with Gasteiger partial charge in [0.15, 0.2) is 0 Å². The first-order valence-electron chi connectivity index (χ1n) is 14.0. The summed E-state index contributed by atoms with van der Waals surface area (Å²) in [6.45, 7) is 9.83. The molecule has 0 saturated heterocycles. The molecule has 1 N–H and O–H groups in total. The maximum atomic E-state index is 14.0. The second kappa shape index (κ2) is 14.7. The van der Waals surface area contributed by atoms with Crippen molar-refractivity contribution in [3.8, 4) is 11.5 Å². The van der Waals surface area contributed by atoms with Crippen LogP contribution in [0.3, 0.4) is 0 Å². The average Bonchev–Trinajstić information content (AvgIpc) is 2.98. The Hall–Kier alpha value is -4.05. The monoisotopic (exact) mass is 595 g/mol. The molecule has 2 amide bonds. The van der Waals surface area contributed by atoms with E-state index in [9.17, 15) is 18.0 Å². The number of anilines is 1. The number of ether oxygens (including phenoxy) is 2. The maximum Gasteiger partial charge on any atom is 0.264 e. The molecule has 10 heteroatoms. The highest BCUT2D eigenvalue weighted by Crippen LogP contribution is 2.27. The molecule has 226 valence electrons. The number of hydrogen-bond acceptors (Lipinski definition) is 6. The fourth-order valence-corrected chi connectivity index (χ4v) is 5.62. The van der Waals surface area contributed by atoms with Crippen LogP contribution in [0.25, 0.3) is 0 Å². The van der Waals surface area contributed by atoms with Gasteiger partial charge in [0.2, 0.25) is 11.8 Å². The van der Waals surface area contributed by atoms with Crippen LogP contribution in [0, 0.1) is 12.8 Å². The van der Waals surface area contributed by atoms with E-state index in [-0.39, 0.29) is 23.3 Å². The zero-order valence-corrected chi connectivity index (χ0v) is 26.0. The number of nitrogens with zero attached hydrogens (tertiary/aromatic N) is 2. The summed E-state index contributed by atoms with van der Waals surface area (Å²) in [4.78, 5) is 28.6. The van der Waals surface area contributed by atoms with Crippen molar-refractivity contribution in [2.75, 3.05) is 31.1 Å². The van der Waals surface area contributed by atoms with Crippen LogP contribution in [-0.2, 0) is 26.2 Å². The lowest BCUT2D eigenvalue weighted by Crippen LogP contribution is -2.51. The summed E-state index contributed by atoms with van der Waals surface area (Å²) < 4.78 is 39.8. The van der Waals surface area contributed by atoms with Gasteiger partial charge < -0.3 is 19.7 Å². The number of benzene rings is 3. The normalized spacial score (nSPS) is 12.0. The Morgan fingerprint density at radius 3 is 2.02 bits per heavy atom. The van der Waals surface area contributed by atoms with E-state index in [0.717, 1.165) is 15.4 Å². The minimum Gasteiger partial charge on any atom is -0.497 e. The van der Waals surface area contributed by atoms with Crippen molar-refractivity contribution in [1.82, 2.24) is 10.2 Å². The summed E-state index contributed by atoms with van der Waals surface area (Å²) in [6.07, 6.45) is 0. The summed E-state index contributed by atoms with van der Waals surface area (Å²) in [6, 6.07) is 19.3. The number of sulfonamides is 1. The van der Waals surface area contributed by atoms with Gasteiger partial charge in [-0.3, -0.25) is 13.9 Å². The first-order chi connectivity index (χ1) is 20.0. The number of aryl methyl sites for hydroxylation is 1. The molecule has 3 aromatic carbocycles. The van der Waals surface area contributed by atoms with Crippen LogP contribution < -0.4 is 19.1 Å². The van der Waals surface area contributed by atoms with Gasteiger partial charge in [0.1, 0.15) is 24.1 Å². The molecule has 0 spiro atoms. The Morgan fingerprint density at radius 2 is 1.48 bits per heavy atom. The zero-order valence-electron chi connectivity index (χ0n) is 25.2. The molecule has 0 bridgehead atoms. The topological polar surface area (TPSA) is 105 Å². The zero-order chi connectivity index (χ0) is 30.9. The summed E-state index contributed by atoms with van der Waals surface area (Å²) in [5, 5.41) is 2.89. The molecule has 42 heavy (non-hydrogen) atoms. The van der Waals surface area contributed by atoms with Crippen molar-refractivity contribution in [3.05, 3.63) is 83.9 Å². The molecular formula is C32H41N3O6S. The highest BCUT2D eigenvalue weighted by atomic mass is 32.2. The van der Waals surface area contributed by atoms with Crippen LogP contribution in [0.4, 0.5) is 5.69 Å². The molecule has 9 nitrogen and oxygen atoms in total. The molecule has 0 aromatic heterocycles. The quantitative estimate of drug-likeness (QED) is 0.288. The number of methoxy groups -OCH3 is 1. The van der Waals surface area contributed by atoms with Gasteiger partial charge in [-0.1, -0.05) is 43.7 Å². The van der Waals surface area contributed by atoms with E-state index in [4.69, 9.17) is 9.47 Å². The Labute approximate surface area is 249 Å². The number of hydrogen-bond donors (Lipinski definition) is 1. The van der Waals surface area contributed by atoms with Crippen molar-refractivity contribution in [3.63, 3.8) is 0 Å². The third-order valence-corrected chi connectivity index (χ3v) is 8.48. The molecular weight excluding hydrogens is 554 g/mol. The van der Waals surface area contributed by atoms with Gasteiger partial charge in [-0.15, -0.1) is 0 Å². The van der Waals surface area contributed by atoms with E-state index < -0.39 is 28.5 Å². The molecule has 3 rings (SSSR count). The largest absolute Gasteiger partial charge is 0.497 e. The Kier molecular flexibility index (Phi) is 11.4. The summed E-state index contributed by atoms with van der Waals surface area (Å²) in [5.74, 6) is 0.617. The van der Waals surface area contributed by atoms with Crippen molar-refractivity contribution in [2.45, 2.75) is 52.1 Å². The standard InChI is InChI=1S/C32H41N3O6S/c1-7-41-29-16-12-27(13-17-29)35(42(38,39)30-18-8-24(4)9-19-30)22-31(36)34(25(5)32(37)33-20-23(2)3)21-26-10-14-28(40-6)15-11-26/h8-19,23,25H,7,20-22H2,1-6H3,(H,33,37)/t25-/m1/s1. The molecule has 0 aliphatic heterocycles. The lowest BCUT2D eigenvalue weighted by Gasteiger charge is -2.32. The second-order valence-corrected chi connectivity index (χ2v) is 12.3. The number of rotatable bonds is 14. The van der Waals surface area contributed by atoms with Crippen LogP contribution in [0.1, 0.15) is 38.8 Å². The van der Waals surface area contributed by atoms with Crippen LogP contribution in [0.15, 0.2) is 77.7 Å². The lowest BCUT2D eigenvalue weighted by atomic mass is 10.1. The molecule has 0 saturated carbocycles. The molecule has 1 atom stereocenters. The Bertz CT molecular complexity index is 1420. The minimum absolute atomic E-state index is 0.0548. The average molecular weight is 596 g/mol. The number of nitrogens with one attached hydrogen (secondary N) is 1. The van der Waals surface area contributed by atoms with Gasteiger partial charge in [-0.2, -0.15) is 0 Å². The molecule has 0 aliphatic rings. The summed E-state index contributed by atoms with van der Waals surface area (Å²) in [7, 11) is -2.58. The van der Waals surface area contributed by atoms with Gasteiger partial charge in [0, 0.05) is 13.1 Å². The first kappa shape index (κ1) is 32.5. The third-order valence-electron chi connectivity index (χ3n) is 6.69. The fourth-order valence-electron chi connectivity index (χ4n) is 4.20. The van der Waals surface area contributed by atoms with Crippen molar-refractivity contribution in [2.24, 2.45) is 5.92 Å². The molecule has 0 radical (unpaired) electrons. The Morgan fingerprint density at radius 1 is 0.881 bits per heavy atom. The summed E-state index contributed by atoms with van der Waals surface area (Å²) >= 11 is 0. The summed E-state index contributed by atoms with van der Waals surface area (Å²) in [5.41, 5.74) is 1.97. The highest BCUT2D eigenvalue weighted by molar-refractivity contribution is 7.92. The van der Waals surface area contributed by atoms with E-state index in [1.54, 1.807) is 62.6 Å². The highest BCUT2D eigenvalue weighted by Gasteiger charge is 2.32.